The van der Waals surface area contributed by atoms with Crippen molar-refractivity contribution in [3.8, 4) is 0 Å². The number of nitrogens with one attached hydrogen (secondary N) is 1. The maximum atomic E-state index is 11.6. The summed E-state index contributed by atoms with van der Waals surface area (Å²) in [5.41, 5.74) is 3.11. The molecule has 8 heteroatoms. The molecule has 0 aliphatic carbocycles. The molecule has 1 N–H and O–H groups in total. The Balaban J connectivity index is 1.90. The summed E-state index contributed by atoms with van der Waals surface area (Å²) < 4.78 is 36.8. The van der Waals surface area contributed by atoms with Crippen LogP contribution in [-0.4, -0.2) is 25.1 Å². The maximum Gasteiger partial charge on any atom is 0.244 e. The van der Waals surface area contributed by atoms with E-state index in [1.807, 2.05) is 18.2 Å². The van der Waals surface area contributed by atoms with Crippen molar-refractivity contribution in [1.29, 1.82) is 0 Å². The third-order valence-electron chi connectivity index (χ3n) is 2.44. The third kappa shape index (κ3) is 4.55. The molecule has 0 radical (unpaired) electrons. The number of amides is 1. The molecule has 1 aromatic heterocycles. The lowest BCUT2D eigenvalue weighted by atomic mass is 10.1. The summed E-state index contributed by atoms with van der Waals surface area (Å²) in [6, 6.07) is 11.4. The topological polar surface area (TPSA) is 112 Å². The van der Waals surface area contributed by atoms with Crippen molar-refractivity contribution in [2.75, 3.05) is 0 Å². The van der Waals surface area contributed by atoms with E-state index in [9.17, 15) is 17.8 Å². The smallest absolute Gasteiger partial charge is 0.244 e. The summed E-state index contributed by atoms with van der Waals surface area (Å²) >= 11 is 0. The zero-order valence-electron chi connectivity index (χ0n) is 10.7. The van der Waals surface area contributed by atoms with E-state index < -0.39 is 15.2 Å². The molecule has 21 heavy (non-hydrogen) atoms. The number of hydrogen-bond donors (Lipinski definition) is 1. The highest BCUT2D eigenvalue weighted by Crippen LogP contribution is 2.11. The normalized spacial score (nSPS) is 11.7. The number of rotatable bonds is 5. The average Bonchev–Trinajstić information content (AvgIpc) is 2.88. The molecule has 0 aliphatic rings. The van der Waals surface area contributed by atoms with Crippen molar-refractivity contribution < 1.29 is 22.2 Å². The quantitative estimate of drug-likeness (QED) is 0.500. The molecular formula is C13H11N2O5S-. The third-order valence-corrected chi connectivity index (χ3v) is 3.15. The predicted octanol–water partition coefficient (Wildman–Crippen LogP) is 0.876. The van der Waals surface area contributed by atoms with Gasteiger partial charge in [0.2, 0.25) is 11.0 Å². The maximum absolute atomic E-state index is 11.6. The van der Waals surface area contributed by atoms with Crippen LogP contribution < -0.4 is 5.43 Å². The van der Waals surface area contributed by atoms with Crippen LogP contribution in [-0.2, 0) is 21.3 Å². The highest BCUT2D eigenvalue weighted by atomic mass is 32.2. The minimum Gasteiger partial charge on any atom is -0.742 e. The zero-order chi connectivity index (χ0) is 15.3. The molecule has 0 atom stereocenters. The van der Waals surface area contributed by atoms with E-state index in [0.29, 0.717) is 0 Å². The molecule has 1 heterocycles. The Hall–Kier alpha value is -2.45. The summed E-state index contributed by atoms with van der Waals surface area (Å²) in [6.45, 7) is 0. The number of carbonyl (C=O) groups excluding carboxylic acids is 1. The molecule has 110 valence electrons. The number of hydrazone groups is 1. The molecule has 1 amide bonds. The van der Waals surface area contributed by atoms with Crippen molar-refractivity contribution in [1.82, 2.24) is 5.43 Å². The molecule has 0 unspecified atom stereocenters. The summed E-state index contributed by atoms with van der Waals surface area (Å²) in [5, 5.41) is 2.92. The SMILES string of the molecule is O=C(Cc1ccccc1)N/N=C/c1ccc(S(=O)(=O)[O-])o1. The van der Waals surface area contributed by atoms with Crippen molar-refractivity contribution >= 4 is 22.2 Å². The van der Waals surface area contributed by atoms with Gasteiger partial charge in [0.25, 0.3) is 0 Å². The lowest BCUT2D eigenvalue weighted by Crippen LogP contribution is -2.19. The number of hydrogen-bond acceptors (Lipinski definition) is 6. The fourth-order valence-corrected chi connectivity index (χ4v) is 1.96. The van der Waals surface area contributed by atoms with Gasteiger partial charge in [0.15, 0.2) is 10.1 Å². The molecule has 2 aromatic rings. The van der Waals surface area contributed by atoms with E-state index in [-0.39, 0.29) is 18.1 Å². The largest absolute Gasteiger partial charge is 0.742 e. The van der Waals surface area contributed by atoms with E-state index in [4.69, 9.17) is 4.42 Å². The van der Waals surface area contributed by atoms with Crippen LogP contribution in [0.5, 0.6) is 0 Å². The standard InChI is InChI=1S/C13H12N2O5S/c16-12(8-10-4-2-1-3-5-10)15-14-9-11-6-7-13(20-11)21(17,18)19/h1-7,9H,8H2,(H,15,16)(H,17,18,19)/p-1/b14-9+. The number of benzene rings is 1. The molecule has 0 saturated carbocycles. The zero-order valence-corrected chi connectivity index (χ0v) is 11.5. The van der Waals surface area contributed by atoms with E-state index in [1.165, 1.54) is 6.07 Å². The molecule has 0 fully saturated rings. The Kier molecular flexibility index (Phi) is 4.51. The summed E-state index contributed by atoms with van der Waals surface area (Å²) in [5.74, 6) is -0.287. The van der Waals surface area contributed by atoms with Crippen LogP contribution in [0.25, 0.3) is 0 Å². The van der Waals surface area contributed by atoms with E-state index in [2.05, 4.69) is 10.5 Å². The van der Waals surface area contributed by atoms with Gasteiger partial charge in [-0.15, -0.1) is 0 Å². The molecule has 7 nitrogen and oxygen atoms in total. The van der Waals surface area contributed by atoms with Crippen LogP contribution >= 0.6 is 0 Å². The molecule has 1 aromatic carbocycles. The highest BCUT2D eigenvalue weighted by Gasteiger charge is 2.06. The second kappa shape index (κ2) is 6.33. The first-order chi connectivity index (χ1) is 9.95. The summed E-state index contributed by atoms with van der Waals surface area (Å²) in [4.78, 5) is 11.6. The van der Waals surface area contributed by atoms with Gasteiger partial charge in [0.05, 0.1) is 12.6 Å². The van der Waals surface area contributed by atoms with Gasteiger partial charge in [-0.3, -0.25) is 4.79 Å². The van der Waals surface area contributed by atoms with Crippen LogP contribution in [0, 0.1) is 0 Å². The van der Waals surface area contributed by atoms with Crippen molar-refractivity contribution in [3.63, 3.8) is 0 Å². The van der Waals surface area contributed by atoms with Crippen molar-refractivity contribution in [3.05, 3.63) is 53.8 Å². The average molecular weight is 307 g/mol. The van der Waals surface area contributed by atoms with E-state index >= 15 is 0 Å². The lowest BCUT2D eigenvalue weighted by Gasteiger charge is -2.00. The summed E-state index contributed by atoms with van der Waals surface area (Å²) in [6.07, 6.45) is 1.27. The van der Waals surface area contributed by atoms with Crippen molar-refractivity contribution in [2.24, 2.45) is 5.10 Å². The molecule has 0 bridgehead atoms. The van der Waals surface area contributed by atoms with Gasteiger partial charge in [0.1, 0.15) is 5.76 Å². The molecular weight excluding hydrogens is 296 g/mol. The molecule has 0 spiro atoms. The van der Waals surface area contributed by atoms with Gasteiger partial charge >= 0.3 is 0 Å². The van der Waals surface area contributed by atoms with Crippen LogP contribution in [0.2, 0.25) is 0 Å². The second-order valence-corrected chi connectivity index (χ2v) is 5.38. The Morgan fingerprint density at radius 3 is 2.57 bits per heavy atom. The first-order valence-electron chi connectivity index (χ1n) is 5.87. The number of nitrogens with zero attached hydrogens (tertiary/aromatic N) is 1. The Bertz CT molecular complexity index is 750. The van der Waals surface area contributed by atoms with Gasteiger partial charge in [-0.05, 0) is 17.7 Å². The van der Waals surface area contributed by atoms with Crippen LogP contribution in [0.3, 0.4) is 0 Å². The first-order valence-corrected chi connectivity index (χ1v) is 7.27. The summed E-state index contributed by atoms with van der Waals surface area (Å²) in [7, 11) is -4.63. The lowest BCUT2D eigenvalue weighted by molar-refractivity contribution is -0.120. The Morgan fingerprint density at radius 2 is 1.95 bits per heavy atom. The Morgan fingerprint density at radius 1 is 1.24 bits per heavy atom. The van der Waals surface area contributed by atoms with Crippen LogP contribution in [0.15, 0.2) is 57.1 Å². The fraction of sp³-hybridized carbons (Fsp3) is 0.0769. The monoisotopic (exact) mass is 307 g/mol. The fourth-order valence-electron chi connectivity index (χ4n) is 1.53. The second-order valence-electron chi connectivity index (χ2n) is 4.07. The van der Waals surface area contributed by atoms with E-state index in [0.717, 1.165) is 17.8 Å². The van der Waals surface area contributed by atoms with Crippen LogP contribution in [0.1, 0.15) is 11.3 Å². The predicted molar refractivity (Wildman–Crippen MR) is 72.6 cm³/mol. The van der Waals surface area contributed by atoms with Crippen molar-refractivity contribution in [2.45, 2.75) is 11.5 Å². The highest BCUT2D eigenvalue weighted by molar-refractivity contribution is 7.85. The minimum absolute atomic E-state index is 0.0458. The Labute approximate surface area is 121 Å². The first kappa shape index (κ1) is 14.9. The number of carbonyl (C=O) groups is 1. The molecule has 2 rings (SSSR count). The van der Waals surface area contributed by atoms with Gasteiger partial charge in [0, 0.05) is 0 Å². The van der Waals surface area contributed by atoms with Gasteiger partial charge in [-0.1, -0.05) is 30.3 Å². The molecule has 0 aliphatic heterocycles. The van der Waals surface area contributed by atoms with E-state index in [1.54, 1.807) is 12.1 Å². The van der Waals surface area contributed by atoms with Gasteiger partial charge in [-0.2, -0.15) is 5.10 Å². The molecule has 0 saturated heterocycles. The minimum atomic E-state index is -4.63. The van der Waals surface area contributed by atoms with Gasteiger partial charge < -0.3 is 8.97 Å². The number of furan rings is 1. The van der Waals surface area contributed by atoms with Crippen LogP contribution in [0.4, 0.5) is 0 Å². The van der Waals surface area contributed by atoms with Gasteiger partial charge in [-0.25, -0.2) is 13.8 Å².